The Morgan fingerprint density at radius 1 is 0.875 bits per heavy atom. The number of hydrogen-bond acceptors (Lipinski definition) is 6. The van der Waals surface area contributed by atoms with Crippen LogP contribution in [0.5, 0.6) is 0 Å². The average Bonchev–Trinajstić information content (AvgIpc) is 3.90. The normalized spacial score (nSPS) is 18.6. The summed E-state index contributed by atoms with van der Waals surface area (Å²) in [5.74, 6) is -0.434. The molecule has 48 heavy (non-hydrogen) atoms. The second-order valence-electron chi connectivity index (χ2n) is 15.1. The van der Waals surface area contributed by atoms with Gasteiger partial charge in [-0.15, -0.1) is 0 Å². The Morgan fingerprint density at radius 3 is 2.08 bits per heavy atom. The quantitative estimate of drug-likeness (QED) is 0.161. The van der Waals surface area contributed by atoms with Gasteiger partial charge in [0.1, 0.15) is 12.6 Å². The number of rotatable bonds is 21. The molecule has 0 spiro atoms. The topological polar surface area (TPSA) is 113 Å². The van der Waals surface area contributed by atoms with E-state index in [-0.39, 0.29) is 42.6 Å². The molecule has 0 radical (unpaired) electrons. The summed E-state index contributed by atoms with van der Waals surface area (Å²) < 4.78 is 0. The Hall–Kier alpha value is -2.49. The van der Waals surface area contributed by atoms with Gasteiger partial charge in [-0.3, -0.25) is 14.4 Å². The number of carbonyl (C=O) groups excluding carboxylic acids is 3. The molecule has 3 N–H and O–H groups in total. The lowest BCUT2D eigenvalue weighted by atomic mass is 9.81. The van der Waals surface area contributed by atoms with Crippen molar-refractivity contribution in [3.05, 3.63) is 35.9 Å². The highest BCUT2D eigenvalue weighted by Gasteiger charge is 2.41. The Balaban J connectivity index is 1.92. The fourth-order valence-electron chi connectivity index (χ4n) is 7.29. The van der Waals surface area contributed by atoms with Crippen LogP contribution in [0, 0.1) is 23.7 Å². The number of benzene rings is 1. The lowest BCUT2D eigenvalue weighted by Gasteiger charge is -2.41. The van der Waals surface area contributed by atoms with Gasteiger partial charge in [-0.25, -0.2) is 0 Å². The van der Waals surface area contributed by atoms with Crippen LogP contribution in [0.2, 0.25) is 0 Å². The molecule has 0 aromatic heterocycles. The van der Waals surface area contributed by atoms with Crippen LogP contribution in [-0.2, 0) is 14.4 Å². The van der Waals surface area contributed by atoms with Gasteiger partial charge in [0.15, 0.2) is 0 Å². The van der Waals surface area contributed by atoms with Crippen LogP contribution < -0.4 is 5.32 Å². The summed E-state index contributed by atoms with van der Waals surface area (Å²) in [6.45, 7) is 13.0. The molecule has 5 atom stereocenters. The van der Waals surface area contributed by atoms with Crippen molar-refractivity contribution in [2.45, 2.75) is 130 Å². The Labute approximate surface area is 290 Å². The minimum atomic E-state index is -1.19. The minimum absolute atomic E-state index is 0.0236. The van der Waals surface area contributed by atoms with Crippen molar-refractivity contribution in [2.75, 3.05) is 39.8 Å². The second-order valence-corrected chi connectivity index (χ2v) is 15.1. The third-order valence-corrected chi connectivity index (χ3v) is 10.6. The number of nitrogens with one attached hydrogen (secondary N) is 1. The third kappa shape index (κ3) is 13.1. The molecule has 2 aliphatic carbocycles. The summed E-state index contributed by atoms with van der Waals surface area (Å²) in [7, 11) is 1.77. The van der Waals surface area contributed by atoms with Crippen molar-refractivity contribution in [3.8, 4) is 0 Å². The monoisotopic (exact) mass is 671 g/mol. The van der Waals surface area contributed by atoms with Crippen LogP contribution in [0.1, 0.15) is 117 Å². The number of carbonyl (C=O) groups is 3. The van der Waals surface area contributed by atoms with Crippen molar-refractivity contribution in [2.24, 2.45) is 23.7 Å². The highest BCUT2D eigenvalue weighted by molar-refractivity contribution is 5.89. The van der Waals surface area contributed by atoms with Gasteiger partial charge in [-0.05, 0) is 62.6 Å². The number of aliphatic hydroxyl groups excluding tert-OH is 2. The van der Waals surface area contributed by atoms with Crippen molar-refractivity contribution in [1.29, 1.82) is 0 Å². The predicted octanol–water partition coefficient (Wildman–Crippen LogP) is 5.41. The Kier molecular flexibility index (Phi) is 16.8. The van der Waals surface area contributed by atoms with E-state index in [1.54, 1.807) is 16.8 Å². The molecule has 272 valence electrons. The SMILES string of the molecule is CCN(CC)CCN(C)C(=O)CN(C(=O)[C@@H](CC(=O)N[C@@H](C)c1ccccc1)CC1CC1)[C@@H](CC1CCCCC1)[C@@H](O)[C@@H](O)CC(C)C. The summed E-state index contributed by atoms with van der Waals surface area (Å²) >= 11 is 0. The maximum Gasteiger partial charge on any atom is 0.241 e. The van der Waals surface area contributed by atoms with Crippen molar-refractivity contribution in [1.82, 2.24) is 20.0 Å². The summed E-state index contributed by atoms with van der Waals surface area (Å²) in [6.07, 6.45) is 6.77. The maximum atomic E-state index is 14.8. The second kappa shape index (κ2) is 20.2. The number of likely N-dealkylation sites (N-methyl/N-ethyl adjacent to an activating group) is 2. The lowest BCUT2D eigenvalue weighted by molar-refractivity contribution is -0.152. The van der Waals surface area contributed by atoms with Gasteiger partial charge in [0.25, 0.3) is 0 Å². The molecule has 0 heterocycles. The van der Waals surface area contributed by atoms with Crippen molar-refractivity contribution >= 4 is 17.7 Å². The number of hydrogen-bond donors (Lipinski definition) is 3. The molecular weight excluding hydrogens is 604 g/mol. The van der Waals surface area contributed by atoms with Crippen molar-refractivity contribution < 1.29 is 24.6 Å². The zero-order chi connectivity index (χ0) is 35.2. The number of amides is 3. The smallest absolute Gasteiger partial charge is 0.241 e. The van der Waals surface area contributed by atoms with E-state index in [2.05, 4.69) is 24.1 Å². The molecule has 9 heteroatoms. The predicted molar refractivity (Wildman–Crippen MR) is 192 cm³/mol. The third-order valence-electron chi connectivity index (χ3n) is 10.6. The van der Waals surface area contributed by atoms with E-state index in [4.69, 9.17) is 0 Å². The van der Waals surface area contributed by atoms with Gasteiger partial charge >= 0.3 is 0 Å². The molecule has 0 unspecified atom stereocenters. The van der Waals surface area contributed by atoms with Gasteiger partial charge in [0.05, 0.1) is 18.2 Å². The molecule has 2 saturated carbocycles. The summed E-state index contributed by atoms with van der Waals surface area (Å²) in [4.78, 5) is 47.7. The molecule has 3 amide bonds. The molecule has 9 nitrogen and oxygen atoms in total. The zero-order valence-corrected chi connectivity index (χ0v) is 30.8. The molecule has 0 aliphatic heterocycles. The first-order valence-corrected chi connectivity index (χ1v) is 18.9. The molecule has 1 aromatic carbocycles. The zero-order valence-electron chi connectivity index (χ0n) is 30.8. The van der Waals surface area contributed by atoms with Gasteiger partial charge < -0.3 is 30.2 Å². The van der Waals surface area contributed by atoms with E-state index in [1.165, 1.54) is 6.42 Å². The van der Waals surface area contributed by atoms with Gasteiger partial charge in [-0.2, -0.15) is 0 Å². The van der Waals surface area contributed by atoms with Crippen LogP contribution in [0.15, 0.2) is 30.3 Å². The largest absolute Gasteiger partial charge is 0.390 e. The molecule has 0 bridgehead atoms. The van der Waals surface area contributed by atoms with Crippen LogP contribution >= 0.6 is 0 Å². The Morgan fingerprint density at radius 2 is 1.50 bits per heavy atom. The average molecular weight is 671 g/mol. The molecule has 3 rings (SSSR count). The first-order chi connectivity index (χ1) is 22.9. The minimum Gasteiger partial charge on any atom is -0.390 e. The van der Waals surface area contributed by atoms with E-state index in [1.807, 2.05) is 51.1 Å². The fourth-order valence-corrected chi connectivity index (χ4v) is 7.29. The summed E-state index contributed by atoms with van der Waals surface area (Å²) in [5.41, 5.74) is 0.991. The molecule has 2 aliphatic rings. The maximum absolute atomic E-state index is 14.8. The van der Waals surface area contributed by atoms with E-state index < -0.39 is 24.2 Å². The summed E-state index contributed by atoms with van der Waals surface area (Å²) in [5, 5.41) is 26.2. The molecule has 1 aromatic rings. The highest BCUT2D eigenvalue weighted by atomic mass is 16.3. The van der Waals surface area contributed by atoms with Gasteiger partial charge in [-0.1, -0.05) is 103 Å². The fraction of sp³-hybridized carbons (Fsp3) is 0.769. The molecule has 0 saturated heterocycles. The number of nitrogens with zero attached hydrogens (tertiary/aromatic N) is 3. The lowest BCUT2D eigenvalue weighted by Crippen LogP contribution is -2.56. The van der Waals surface area contributed by atoms with E-state index in [0.29, 0.717) is 37.6 Å². The van der Waals surface area contributed by atoms with Crippen molar-refractivity contribution in [3.63, 3.8) is 0 Å². The number of aliphatic hydroxyl groups is 2. The van der Waals surface area contributed by atoms with Crippen LogP contribution in [0.25, 0.3) is 0 Å². The Bertz CT molecular complexity index is 1100. The van der Waals surface area contributed by atoms with Crippen LogP contribution in [-0.4, -0.2) is 101 Å². The standard InChI is InChI=1S/C39H66N4O5/c1-7-42(8-2)22-21-41(6)37(46)27-43(34(25-30-15-11-9-12-16-30)38(47)35(44)23-28(3)4)39(48)33(24-31-19-20-31)26-36(45)40-29(5)32-17-13-10-14-18-32/h10,13-14,17-18,28-31,33-35,38,44,47H,7-9,11-12,15-16,19-27H2,1-6H3,(H,40,45)/t29-,33+,34-,35-,38+/m0/s1. The van der Waals surface area contributed by atoms with E-state index in [9.17, 15) is 24.6 Å². The van der Waals surface area contributed by atoms with E-state index in [0.717, 1.165) is 63.7 Å². The van der Waals surface area contributed by atoms with Crippen LogP contribution in [0.4, 0.5) is 0 Å². The van der Waals surface area contributed by atoms with Crippen LogP contribution in [0.3, 0.4) is 0 Å². The highest BCUT2D eigenvalue weighted by Crippen LogP contribution is 2.38. The summed E-state index contributed by atoms with van der Waals surface area (Å²) in [6, 6.07) is 8.84. The first-order valence-electron chi connectivity index (χ1n) is 18.9. The van der Waals surface area contributed by atoms with Gasteiger partial charge in [0.2, 0.25) is 17.7 Å². The van der Waals surface area contributed by atoms with Gasteiger partial charge in [0, 0.05) is 32.5 Å². The molecular formula is C39H66N4O5. The van der Waals surface area contributed by atoms with E-state index >= 15 is 0 Å². The first kappa shape index (κ1) is 39.9. The molecule has 2 fully saturated rings.